The number of nitrogens with zero attached hydrogens (tertiary/aromatic N) is 1. The summed E-state index contributed by atoms with van der Waals surface area (Å²) in [7, 11) is 1.79. The van der Waals surface area contributed by atoms with Crippen LogP contribution in [0.25, 0.3) is 0 Å². The summed E-state index contributed by atoms with van der Waals surface area (Å²) in [4.78, 5) is 14.0. The molecule has 2 aromatic carbocycles. The highest BCUT2D eigenvalue weighted by molar-refractivity contribution is 6.31. The van der Waals surface area contributed by atoms with Crippen molar-refractivity contribution in [1.29, 1.82) is 0 Å². The van der Waals surface area contributed by atoms with Gasteiger partial charge in [-0.3, -0.25) is 0 Å². The molecule has 0 aliphatic heterocycles. The molecule has 1 unspecified atom stereocenters. The molecule has 4 heteroatoms. The van der Waals surface area contributed by atoms with E-state index in [0.29, 0.717) is 11.6 Å². The number of aryl methyl sites for hydroxylation is 1. The zero-order valence-electron chi connectivity index (χ0n) is 13.8. The van der Waals surface area contributed by atoms with E-state index in [-0.39, 0.29) is 12.1 Å². The highest BCUT2D eigenvalue weighted by atomic mass is 35.5. The Hall–Kier alpha value is -2.00. The van der Waals surface area contributed by atoms with Crippen molar-refractivity contribution >= 4 is 17.6 Å². The number of carbonyl (C=O) groups excluding carboxylic acids is 1. The molecule has 0 spiro atoms. The Bertz CT molecular complexity index is 655. The number of amides is 2. The molecule has 0 radical (unpaired) electrons. The van der Waals surface area contributed by atoms with E-state index in [9.17, 15) is 4.79 Å². The van der Waals surface area contributed by atoms with Gasteiger partial charge in [-0.05, 0) is 36.1 Å². The van der Waals surface area contributed by atoms with Gasteiger partial charge in [-0.15, -0.1) is 0 Å². The molecule has 2 amide bonds. The molecule has 2 rings (SSSR count). The molecule has 122 valence electrons. The first kappa shape index (κ1) is 17.4. The van der Waals surface area contributed by atoms with Crippen molar-refractivity contribution in [2.75, 3.05) is 7.05 Å². The van der Waals surface area contributed by atoms with Gasteiger partial charge in [0.05, 0.1) is 6.04 Å². The van der Waals surface area contributed by atoms with E-state index in [1.54, 1.807) is 11.9 Å². The Morgan fingerprint density at radius 1 is 1.13 bits per heavy atom. The summed E-state index contributed by atoms with van der Waals surface area (Å²) >= 11 is 6.18. The number of halogens is 1. The Morgan fingerprint density at radius 2 is 1.74 bits per heavy atom. The lowest BCUT2D eigenvalue weighted by Gasteiger charge is -2.22. The highest BCUT2D eigenvalue weighted by Gasteiger charge is 2.15. The van der Waals surface area contributed by atoms with E-state index in [1.807, 2.05) is 31.2 Å². The van der Waals surface area contributed by atoms with Crippen LogP contribution in [-0.4, -0.2) is 18.0 Å². The smallest absolute Gasteiger partial charge is 0.317 e. The van der Waals surface area contributed by atoms with Gasteiger partial charge < -0.3 is 10.2 Å². The van der Waals surface area contributed by atoms with Gasteiger partial charge in [-0.1, -0.05) is 61.0 Å². The average Bonchev–Trinajstić information content (AvgIpc) is 2.55. The molecule has 2 aromatic rings. The SMILES string of the molecule is CCc1ccc(CN(C)C(=O)NC(C)c2ccccc2Cl)cc1. The fourth-order valence-corrected chi connectivity index (χ4v) is 2.72. The van der Waals surface area contributed by atoms with E-state index in [0.717, 1.165) is 17.5 Å². The Labute approximate surface area is 143 Å². The fourth-order valence-electron chi connectivity index (χ4n) is 2.43. The van der Waals surface area contributed by atoms with Crippen LogP contribution in [0.1, 0.15) is 36.6 Å². The minimum absolute atomic E-state index is 0.114. The summed E-state index contributed by atoms with van der Waals surface area (Å²) in [5.74, 6) is 0. The van der Waals surface area contributed by atoms with E-state index in [4.69, 9.17) is 11.6 Å². The average molecular weight is 331 g/mol. The molecule has 3 nitrogen and oxygen atoms in total. The molecule has 0 aliphatic rings. The largest absolute Gasteiger partial charge is 0.331 e. The van der Waals surface area contributed by atoms with Crippen molar-refractivity contribution in [1.82, 2.24) is 10.2 Å². The van der Waals surface area contributed by atoms with Crippen LogP contribution in [0.4, 0.5) is 4.79 Å². The maximum Gasteiger partial charge on any atom is 0.317 e. The van der Waals surface area contributed by atoms with Crippen LogP contribution < -0.4 is 5.32 Å². The minimum Gasteiger partial charge on any atom is -0.331 e. The molecule has 0 aromatic heterocycles. The van der Waals surface area contributed by atoms with Gasteiger partial charge in [0.1, 0.15) is 0 Å². The molecule has 0 bridgehead atoms. The fraction of sp³-hybridized carbons (Fsp3) is 0.316. The first-order valence-corrected chi connectivity index (χ1v) is 8.23. The summed E-state index contributed by atoms with van der Waals surface area (Å²) in [6.45, 7) is 4.64. The molecule has 23 heavy (non-hydrogen) atoms. The van der Waals surface area contributed by atoms with Crippen LogP contribution in [-0.2, 0) is 13.0 Å². The maximum atomic E-state index is 12.3. The number of hydrogen-bond donors (Lipinski definition) is 1. The second kappa shape index (κ2) is 8.02. The van der Waals surface area contributed by atoms with Crippen molar-refractivity contribution in [3.8, 4) is 0 Å². The van der Waals surface area contributed by atoms with Crippen molar-refractivity contribution in [3.63, 3.8) is 0 Å². The van der Waals surface area contributed by atoms with Crippen LogP contribution in [0.5, 0.6) is 0 Å². The Balaban J connectivity index is 1.95. The molecule has 1 atom stereocenters. The highest BCUT2D eigenvalue weighted by Crippen LogP contribution is 2.22. The van der Waals surface area contributed by atoms with Crippen molar-refractivity contribution < 1.29 is 4.79 Å². The standard InChI is InChI=1S/C19H23ClN2O/c1-4-15-9-11-16(12-10-15)13-22(3)19(23)21-14(2)17-7-5-6-8-18(17)20/h5-12,14H,4,13H2,1-3H3,(H,21,23). The zero-order chi connectivity index (χ0) is 16.8. The third-order valence-electron chi connectivity index (χ3n) is 3.91. The lowest BCUT2D eigenvalue weighted by Crippen LogP contribution is -2.38. The number of rotatable bonds is 5. The first-order chi connectivity index (χ1) is 11.0. The normalized spacial score (nSPS) is 11.8. The molecule has 0 saturated carbocycles. The monoisotopic (exact) mass is 330 g/mol. The van der Waals surface area contributed by atoms with Crippen LogP contribution in [0.2, 0.25) is 5.02 Å². The summed E-state index contributed by atoms with van der Waals surface area (Å²) < 4.78 is 0. The van der Waals surface area contributed by atoms with Gasteiger partial charge in [0.2, 0.25) is 0 Å². The van der Waals surface area contributed by atoms with Gasteiger partial charge in [0.25, 0.3) is 0 Å². The van der Waals surface area contributed by atoms with Crippen molar-refractivity contribution in [3.05, 3.63) is 70.2 Å². The maximum absolute atomic E-state index is 12.3. The van der Waals surface area contributed by atoms with Crippen molar-refractivity contribution in [2.45, 2.75) is 32.9 Å². The quantitative estimate of drug-likeness (QED) is 0.838. The summed E-state index contributed by atoms with van der Waals surface area (Å²) in [6.07, 6.45) is 1.02. The van der Waals surface area contributed by atoms with E-state index in [1.165, 1.54) is 5.56 Å². The summed E-state index contributed by atoms with van der Waals surface area (Å²) in [6, 6.07) is 15.7. The van der Waals surface area contributed by atoms with E-state index >= 15 is 0 Å². The van der Waals surface area contributed by atoms with Crippen LogP contribution >= 0.6 is 11.6 Å². The lowest BCUT2D eigenvalue weighted by atomic mass is 10.1. The first-order valence-electron chi connectivity index (χ1n) is 7.85. The predicted octanol–water partition coefficient (Wildman–Crippen LogP) is 4.81. The second-order valence-electron chi connectivity index (χ2n) is 5.72. The summed E-state index contributed by atoms with van der Waals surface area (Å²) in [5, 5.41) is 3.65. The molecule has 0 aliphatic carbocycles. The van der Waals surface area contributed by atoms with Gasteiger partial charge >= 0.3 is 6.03 Å². The predicted molar refractivity (Wildman–Crippen MR) is 95.7 cm³/mol. The van der Waals surface area contributed by atoms with Crippen LogP contribution in [0.3, 0.4) is 0 Å². The molecular weight excluding hydrogens is 308 g/mol. The van der Waals surface area contributed by atoms with Crippen molar-refractivity contribution in [2.24, 2.45) is 0 Å². The third-order valence-corrected chi connectivity index (χ3v) is 4.25. The topological polar surface area (TPSA) is 32.3 Å². The van der Waals surface area contributed by atoms with Gasteiger partial charge in [-0.25, -0.2) is 4.79 Å². The van der Waals surface area contributed by atoms with E-state index in [2.05, 4.69) is 36.5 Å². The van der Waals surface area contributed by atoms with Gasteiger partial charge in [0, 0.05) is 18.6 Å². The van der Waals surface area contributed by atoms with E-state index < -0.39 is 0 Å². The number of carbonyl (C=O) groups is 1. The molecule has 0 heterocycles. The lowest BCUT2D eigenvalue weighted by molar-refractivity contribution is 0.203. The molecule has 0 saturated heterocycles. The van der Waals surface area contributed by atoms with Crippen LogP contribution in [0.15, 0.2) is 48.5 Å². The summed E-state index contributed by atoms with van der Waals surface area (Å²) in [5.41, 5.74) is 3.33. The number of benzene rings is 2. The van der Waals surface area contributed by atoms with Gasteiger partial charge in [0.15, 0.2) is 0 Å². The molecule has 1 N–H and O–H groups in total. The zero-order valence-corrected chi connectivity index (χ0v) is 14.6. The third kappa shape index (κ3) is 4.73. The number of urea groups is 1. The molecule has 0 fully saturated rings. The number of hydrogen-bond acceptors (Lipinski definition) is 1. The van der Waals surface area contributed by atoms with Gasteiger partial charge in [-0.2, -0.15) is 0 Å². The minimum atomic E-state index is -0.138. The number of nitrogens with one attached hydrogen (secondary N) is 1. The molecular formula is C19H23ClN2O. The Kier molecular flexibility index (Phi) is 6.05. The second-order valence-corrected chi connectivity index (χ2v) is 6.13. The van der Waals surface area contributed by atoms with Crippen LogP contribution in [0, 0.1) is 0 Å². The Morgan fingerprint density at radius 3 is 2.35 bits per heavy atom.